The largest absolute Gasteiger partial charge is 0.450 e. The van der Waals surface area contributed by atoms with Crippen LogP contribution in [-0.4, -0.2) is 49.5 Å². The number of nitrogens with two attached hydrogens (primary N) is 1. The van der Waals surface area contributed by atoms with Crippen molar-refractivity contribution in [3.63, 3.8) is 0 Å². The third-order valence-corrected chi connectivity index (χ3v) is 8.16. The average Bonchev–Trinajstić information content (AvgIpc) is 3.35. The second-order valence-corrected chi connectivity index (χ2v) is 11.2. The van der Waals surface area contributed by atoms with Gasteiger partial charge in [-0.3, -0.25) is 14.4 Å². The molecule has 10 nitrogen and oxygen atoms in total. The van der Waals surface area contributed by atoms with Crippen molar-refractivity contribution in [2.75, 3.05) is 0 Å². The van der Waals surface area contributed by atoms with E-state index in [4.69, 9.17) is 22.1 Å². The number of pyridine rings is 1. The van der Waals surface area contributed by atoms with Gasteiger partial charge in [0.15, 0.2) is 5.75 Å². The van der Waals surface area contributed by atoms with Gasteiger partial charge in [0, 0.05) is 16.6 Å². The first kappa shape index (κ1) is 27.8. The minimum absolute atomic E-state index is 0.0763. The lowest BCUT2D eigenvalue weighted by molar-refractivity contribution is -0.138. The highest BCUT2D eigenvalue weighted by Crippen LogP contribution is 2.46. The summed E-state index contributed by atoms with van der Waals surface area (Å²) >= 11 is 6.28. The summed E-state index contributed by atoms with van der Waals surface area (Å²) in [6.45, 7) is 5.08. The van der Waals surface area contributed by atoms with Crippen LogP contribution < -0.4 is 21.3 Å². The van der Waals surface area contributed by atoms with Crippen molar-refractivity contribution >= 4 is 23.4 Å². The number of aromatic amines is 1. The molecule has 11 heteroatoms. The molecule has 1 saturated carbocycles. The Balaban J connectivity index is 1.33. The summed E-state index contributed by atoms with van der Waals surface area (Å²) in [5.74, 6) is -0.280. The molecule has 2 aromatic heterocycles. The monoisotopic (exact) mass is 564 g/mol. The predicted octanol–water partition coefficient (Wildman–Crippen LogP) is 3.96. The predicted molar refractivity (Wildman–Crippen MR) is 150 cm³/mol. The number of H-pyrrole nitrogens is 1. The number of nitrogens with zero attached hydrogens (tertiary/aromatic N) is 3. The zero-order valence-electron chi connectivity index (χ0n) is 22.7. The highest BCUT2D eigenvalue weighted by atomic mass is 35.5. The molecule has 1 aromatic carbocycles. The van der Waals surface area contributed by atoms with Crippen molar-refractivity contribution in [3.05, 3.63) is 80.5 Å². The molecule has 0 radical (unpaired) electrons. The summed E-state index contributed by atoms with van der Waals surface area (Å²) < 4.78 is 5.70. The molecule has 40 heavy (non-hydrogen) atoms. The van der Waals surface area contributed by atoms with Crippen molar-refractivity contribution in [2.45, 2.75) is 76.5 Å². The van der Waals surface area contributed by atoms with Gasteiger partial charge in [0.05, 0.1) is 23.5 Å². The van der Waals surface area contributed by atoms with Gasteiger partial charge >= 0.3 is 5.56 Å². The third-order valence-electron chi connectivity index (χ3n) is 7.93. The molecular weight excluding hydrogens is 532 g/mol. The van der Waals surface area contributed by atoms with E-state index >= 15 is 0 Å². The molecule has 3 aromatic rings. The van der Waals surface area contributed by atoms with E-state index in [0.29, 0.717) is 22.2 Å². The van der Waals surface area contributed by atoms with Gasteiger partial charge in [-0.2, -0.15) is 5.10 Å². The van der Waals surface area contributed by atoms with Crippen LogP contribution in [0.15, 0.2) is 47.3 Å². The zero-order chi connectivity index (χ0) is 28.6. The van der Waals surface area contributed by atoms with Gasteiger partial charge in [0.2, 0.25) is 5.91 Å². The van der Waals surface area contributed by atoms with Crippen LogP contribution in [0, 0.1) is 13.8 Å². The van der Waals surface area contributed by atoms with Crippen molar-refractivity contribution in [2.24, 2.45) is 5.73 Å². The number of carbonyl (C=O) groups excluding carboxylic acids is 2. The smallest absolute Gasteiger partial charge is 0.307 e. The van der Waals surface area contributed by atoms with E-state index in [2.05, 4.69) is 20.5 Å². The number of amides is 2. The van der Waals surface area contributed by atoms with Crippen molar-refractivity contribution in [1.82, 2.24) is 25.4 Å². The minimum Gasteiger partial charge on any atom is -0.450 e. The molecule has 1 aliphatic heterocycles. The number of carbonyl (C=O) groups is 2. The van der Waals surface area contributed by atoms with Crippen LogP contribution in [0.2, 0.25) is 5.02 Å². The Bertz CT molecular complexity index is 1500. The second-order valence-electron chi connectivity index (χ2n) is 10.8. The van der Waals surface area contributed by atoms with Crippen LogP contribution in [0.3, 0.4) is 0 Å². The number of aryl methyl sites for hydroxylation is 2. The molecule has 0 unspecified atom stereocenters. The number of ether oxygens (including phenoxy) is 1. The Morgan fingerprint density at radius 3 is 2.62 bits per heavy atom. The Morgan fingerprint density at radius 1 is 1.18 bits per heavy atom. The van der Waals surface area contributed by atoms with Gasteiger partial charge in [-0.1, -0.05) is 23.7 Å². The first-order chi connectivity index (χ1) is 19.1. The maximum absolute atomic E-state index is 13.9. The number of likely N-dealkylation sites (tertiary alicyclic amines) is 1. The van der Waals surface area contributed by atoms with E-state index in [9.17, 15) is 14.4 Å². The fourth-order valence-corrected chi connectivity index (χ4v) is 5.86. The minimum atomic E-state index is -0.810. The number of benzene rings is 1. The molecule has 3 atom stereocenters. The van der Waals surface area contributed by atoms with Crippen LogP contribution in [0.25, 0.3) is 0 Å². The number of nitrogens with one attached hydrogen (secondary N) is 2. The normalized spacial score (nSPS) is 20.5. The van der Waals surface area contributed by atoms with E-state index in [1.165, 1.54) is 12.1 Å². The molecule has 0 spiro atoms. The lowest BCUT2D eigenvalue weighted by Gasteiger charge is -2.48. The van der Waals surface area contributed by atoms with Gasteiger partial charge < -0.3 is 20.7 Å². The van der Waals surface area contributed by atoms with E-state index < -0.39 is 23.0 Å². The first-order valence-electron chi connectivity index (χ1n) is 13.4. The molecule has 5 rings (SSSR count). The second kappa shape index (κ2) is 11.0. The maximum Gasteiger partial charge on any atom is 0.307 e. The molecular formula is C29H33ClN6O4. The Hall–Kier alpha value is -3.76. The zero-order valence-corrected chi connectivity index (χ0v) is 23.5. The topological polar surface area (TPSA) is 143 Å². The van der Waals surface area contributed by atoms with Gasteiger partial charge in [0.1, 0.15) is 17.5 Å². The highest BCUT2D eigenvalue weighted by molar-refractivity contribution is 6.30. The summed E-state index contributed by atoms with van der Waals surface area (Å²) in [4.78, 5) is 45.3. The van der Waals surface area contributed by atoms with Gasteiger partial charge in [-0.05, 0) is 82.7 Å². The molecule has 2 fully saturated rings. The van der Waals surface area contributed by atoms with Crippen LogP contribution in [-0.2, 0) is 4.79 Å². The van der Waals surface area contributed by atoms with E-state index in [0.717, 1.165) is 37.7 Å². The third kappa shape index (κ3) is 5.46. The highest BCUT2D eigenvalue weighted by Gasteiger charge is 2.51. The summed E-state index contributed by atoms with van der Waals surface area (Å²) in [5, 5.41) is 9.62. The van der Waals surface area contributed by atoms with E-state index in [1.807, 2.05) is 29.2 Å². The van der Waals surface area contributed by atoms with Crippen molar-refractivity contribution in [1.29, 1.82) is 0 Å². The number of halogens is 1. The van der Waals surface area contributed by atoms with Crippen molar-refractivity contribution < 1.29 is 14.3 Å². The summed E-state index contributed by atoms with van der Waals surface area (Å²) in [6, 6.07) is 11.0. The summed E-state index contributed by atoms with van der Waals surface area (Å²) in [5.41, 5.74) is 7.94. The quantitative estimate of drug-likeness (QED) is 0.394. The number of hydrogen-bond donors (Lipinski definition) is 3. The van der Waals surface area contributed by atoms with Gasteiger partial charge in [0.25, 0.3) is 5.91 Å². The summed E-state index contributed by atoms with van der Waals surface area (Å²) in [6.07, 6.45) is 4.35. The number of aromatic nitrogens is 3. The molecule has 3 heterocycles. The Kier molecular flexibility index (Phi) is 7.65. The number of hydrogen-bond acceptors (Lipinski definition) is 7. The standard InChI is InChI=1S/C29H33ClN6O4/c1-16-14-24(27(38)35-34-16)40-23-10-8-21(32-17(23)2)26(37)33-18(3)28(39)36-22(19-6-4-7-20(30)15-19)9-11-25(36)29(31)12-5-13-29/h4,6-8,10,14-15,18,22,25H,5,9,11-13,31H2,1-3H3,(H,33,37)(H,35,38)/t18-,22+,25-/m1/s1. The molecule has 0 bridgehead atoms. The van der Waals surface area contributed by atoms with Gasteiger partial charge in [-0.25, -0.2) is 10.1 Å². The maximum atomic E-state index is 13.9. The van der Waals surface area contributed by atoms with Crippen LogP contribution in [0.5, 0.6) is 11.5 Å². The van der Waals surface area contributed by atoms with Crippen LogP contribution in [0.1, 0.15) is 72.5 Å². The lowest BCUT2D eigenvalue weighted by atomic mass is 9.71. The molecule has 4 N–H and O–H groups in total. The molecule has 210 valence electrons. The van der Waals surface area contributed by atoms with Crippen LogP contribution >= 0.6 is 11.6 Å². The fraction of sp³-hybridized carbons (Fsp3) is 0.414. The Labute approximate surface area is 237 Å². The molecule has 1 saturated heterocycles. The Morgan fingerprint density at radius 2 is 1.95 bits per heavy atom. The SMILES string of the molecule is Cc1cc(Oc2ccc(C(=O)N[C@H](C)C(=O)N3[C@H](c4cccc(Cl)c4)CC[C@@H]3C3(N)CCC3)nc2C)c(=O)[nH]n1. The average molecular weight is 565 g/mol. The summed E-state index contributed by atoms with van der Waals surface area (Å²) in [7, 11) is 0. The molecule has 2 amide bonds. The molecule has 2 aliphatic rings. The first-order valence-corrected chi connectivity index (χ1v) is 13.8. The van der Waals surface area contributed by atoms with Gasteiger partial charge in [-0.15, -0.1) is 0 Å². The lowest BCUT2D eigenvalue weighted by Crippen LogP contribution is -2.63. The van der Waals surface area contributed by atoms with Crippen LogP contribution in [0.4, 0.5) is 0 Å². The van der Waals surface area contributed by atoms with E-state index in [1.54, 1.807) is 26.8 Å². The number of rotatable bonds is 7. The molecule has 1 aliphatic carbocycles. The van der Waals surface area contributed by atoms with E-state index in [-0.39, 0.29) is 29.4 Å². The van der Waals surface area contributed by atoms with Crippen molar-refractivity contribution in [3.8, 4) is 11.5 Å². The fourth-order valence-electron chi connectivity index (χ4n) is 5.66.